The molecule has 1 aliphatic heterocycles. The van der Waals surface area contributed by atoms with Crippen LogP contribution < -0.4 is 5.32 Å². The standard InChI is InChI=1S/C15H17N5O3/c1-11-6-14(18-23-11)17-13-7-12(8-16-9-13)15(22)20-4-2-19(10-21)3-5-20/h6-10H,2-5H2,1H3,(H,17,18). The van der Waals surface area contributed by atoms with Crippen molar-refractivity contribution in [1.82, 2.24) is 19.9 Å². The van der Waals surface area contributed by atoms with E-state index in [1.807, 2.05) is 0 Å². The molecule has 3 rings (SSSR count). The molecular weight excluding hydrogens is 298 g/mol. The van der Waals surface area contributed by atoms with Crippen LogP contribution in [0.25, 0.3) is 0 Å². The summed E-state index contributed by atoms with van der Waals surface area (Å²) in [6.07, 6.45) is 3.96. The fraction of sp³-hybridized carbons (Fsp3) is 0.333. The number of pyridine rings is 1. The van der Waals surface area contributed by atoms with Gasteiger partial charge in [0.1, 0.15) is 5.76 Å². The molecule has 1 aliphatic rings. The number of hydrogen-bond acceptors (Lipinski definition) is 6. The summed E-state index contributed by atoms with van der Waals surface area (Å²) >= 11 is 0. The van der Waals surface area contributed by atoms with Crippen LogP contribution in [0.4, 0.5) is 11.5 Å². The normalized spacial score (nSPS) is 14.7. The maximum absolute atomic E-state index is 12.5. The van der Waals surface area contributed by atoms with Gasteiger partial charge in [-0.1, -0.05) is 5.16 Å². The number of nitrogens with zero attached hydrogens (tertiary/aromatic N) is 4. The molecule has 0 atom stereocenters. The zero-order chi connectivity index (χ0) is 16.2. The van der Waals surface area contributed by atoms with Gasteiger partial charge in [-0.05, 0) is 13.0 Å². The zero-order valence-corrected chi connectivity index (χ0v) is 12.7. The zero-order valence-electron chi connectivity index (χ0n) is 12.7. The molecule has 2 aromatic heterocycles. The van der Waals surface area contributed by atoms with Crippen LogP contribution >= 0.6 is 0 Å². The lowest BCUT2D eigenvalue weighted by atomic mass is 10.2. The second kappa shape index (κ2) is 6.47. The Morgan fingerprint density at radius 1 is 1.26 bits per heavy atom. The van der Waals surface area contributed by atoms with Crippen molar-refractivity contribution in [3.63, 3.8) is 0 Å². The molecule has 0 saturated carbocycles. The summed E-state index contributed by atoms with van der Waals surface area (Å²) in [5.41, 5.74) is 1.16. The fourth-order valence-electron chi connectivity index (χ4n) is 2.41. The third-order valence-corrected chi connectivity index (χ3v) is 3.64. The van der Waals surface area contributed by atoms with E-state index in [9.17, 15) is 9.59 Å². The predicted octanol–water partition coefficient (Wildman–Crippen LogP) is 1.04. The van der Waals surface area contributed by atoms with Gasteiger partial charge in [-0.2, -0.15) is 0 Å². The second-order valence-corrected chi connectivity index (χ2v) is 5.34. The Morgan fingerprint density at radius 2 is 2.04 bits per heavy atom. The molecule has 1 N–H and O–H groups in total. The van der Waals surface area contributed by atoms with Crippen LogP contribution in [-0.4, -0.2) is 58.4 Å². The smallest absolute Gasteiger partial charge is 0.255 e. The summed E-state index contributed by atoms with van der Waals surface area (Å²) in [6, 6.07) is 3.48. The van der Waals surface area contributed by atoms with Gasteiger partial charge in [0.15, 0.2) is 5.82 Å². The lowest BCUT2D eigenvalue weighted by Crippen LogP contribution is -2.48. The first-order valence-corrected chi connectivity index (χ1v) is 7.30. The third-order valence-electron chi connectivity index (χ3n) is 3.64. The Hall–Kier alpha value is -2.90. The first kappa shape index (κ1) is 15.0. The van der Waals surface area contributed by atoms with Gasteiger partial charge in [-0.15, -0.1) is 0 Å². The molecule has 0 radical (unpaired) electrons. The number of hydrogen-bond donors (Lipinski definition) is 1. The molecule has 1 saturated heterocycles. The highest BCUT2D eigenvalue weighted by molar-refractivity contribution is 5.95. The van der Waals surface area contributed by atoms with E-state index in [0.29, 0.717) is 49.0 Å². The number of aryl methyl sites for hydroxylation is 1. The van der Waals surface area contributed by atoms with Gasteiger partial charge in [0, 0.05) is 38.4 Å². The molecule has 1 fully saturated rings. The average molecular weight is 315 g/mol. The van der Waals surface area contributed by atoms with Crippen LogP contribution in [-0.2, 0) is 4.79 Å². The molecule has 23 heavy (non-hydrogen) atoms. The summed E-state index contributed by atoms with van der Waals surface area (Å²) in [5, 5.41) is 6.89. The van der Waals surface area contributed by atoms with Gasteiger partial charge in [0.2, 0.25) is 6.41 Å². The number of nitrogens with one attached hydrogen (secondary N) is 1. The van der Waals surface area contributed by atoms with Gasteiger partial charge in [-0.25, -0.2) is 0 Å². The first-order valence-electron chi connectivity index (χ1n) is 7.30. The Balaban J connectivity index is 1.69. The minimum Gasteiger partial charge on any atom is -0.360 e. The van der Waals surface area contributed by atoms with Crippen molar-refractivity contribution in [3.05, 3.63) is 35.9 Å². The molecule has 8 heteroatoms. The number of carbonyl (C=O) groups excluding carboxylic acids is 2. The molecule has 0 aromatic carbocycles. The molecule has 0 spiro atoms. The van der Waals surface area contributed by atoms with E-state index in [1.54, 1.807) is 35.1 Å². The highest BCUT2D eigenvalue weighted by Gasteiger charge is 2.21. The van der Waals surface area contributed by atoms with Crippen molar-refractivity contribution in [1.29, 1.82) is 0 Å². The minimum absolute atomic E-state index is 0.0944. The Kier molecular flexibility index (Phi) is 4.22. The summed E-state index contributed by atoms with van der Waals surface area (Å²) in [4.78, 5) is 30.7. The van der Waals surface area contributed by atoms with Crippen LogP contribution in [0.3, 0.4) is 0 Å². The van der Waals surface area contributed by atoms with Crippen LogP contribution in [0.5, 0.6) is 0 Å². The lowest BCUT2D eigenvalue weighted by Gasteiger charge is -2.32. The minimum atomic E-state index is -0.0944. The largest absolute Gasteiger partial charge is 0.360 e. The van der Waals surface area contributed by atoms with E-state index in [-0.39, 0.29) is 5.91 Å². The number of rotatable bonds is 4. The van der Waals surface area contributed by atoms with E-state index in [0.717, 1.165) is 6.41 Å². The van der Waals surface area contributed by atoms with E-state index < -0.39 is 0 Å². The Morgan fingerprint density at radius 3 is 2.70 bits per heavy atom. The number of piperazine rings is 1. The van der Waals surface area contributed by atoms with Gasteiger partial charge in [-0.3, -0.25) is 14.6 Å². The van der Waals surface area contributed by atoms with Gasteiger partial charge < -0.3 is 19.6 Å². The average Bonchev–Trinajstić information content (AvgIpc) is 2.99. The van der Waals surface area contributed by atoms with Crippen molar-refractivity contribution < 1.29 is 14.1 Å². The van der Waals surface area contributed by atoms with E-state index >= 15 is 0 Å². The predicted molar refractivity (Wildman–Crippen MR) is 82.3 cm³/mol. The molecule has 0 bridgehead atoms. The molecule has 2 aromatic rings. The lowest BCUT2D eigenvalue weighted by molar-refractivity contribution is -0.119. The summed E-state index contributed by atoms with van der Waals surface area (Å²) < 4.78 is 4.99. The van der Waals surface area contributed by atoms with Gasteiger partial charge in [0.05, 0.1) is 17.4 Å². The van der Waals surface area contributed by atoms with Crippen molar-refractivity contribution in [3.8, 4) is 0 Å². The molecule has 0 aliphatic carbocycles. The number of amides is 2. The molecule has 120 valence electrons. The quantitative estimate of drug-likeness (QED) is 0.848. The molecule has 3 heterocycles. The first-order chi connectivity index (χ1) is 11.2. The molecular formula is C15H17N5O3. The monoisotopic (exact) mass is 315 g/mol. The highest BCUT2D eigenvalue weighted by atomic mass is 16.5. The van der Waals surface area contributed by atoms with Crippen LogP contribution in [0.1, 0.15) is 16.1 Å². The number of anilines is 2. The number of carbonyl (C=O) groups is 2. The topological polar surface area (TPSA) is 91.6 Å². The van der Waals surface area contributed by atoms with Crippen molar-refractivity contribution in [2.45, 2.75) is 6.92 Å². The van der Waals surface area contributed by atoms with Crippen molar-refractivity contribution >= 4 is 23.8 Å². The van der Waals surface area contributed by atoms with Crippen molar-refractivity contribution in [2.24, 2.45) is 0 Å². The Bertz CT molecular complexity index is 707. The summed E-state index contributed by atoms with van der Waals surface area (Å²) in [5.74, 6) is 1.16. The van der Waals surface area contributed by atoms with E-state index in [2.05, 4.69) is 15.5 Å². The summed E-state index contributed by atoms with van der Waals surface area (Å²) in [7, 11) is 0. The second-order valence-electron chi connectivity index (χ2n) is 5.34. The number of aromatic nitrogens is 2. The Labute approximate surface area is 133 Å². The molecule has 8 nitrogen and oxygen atoms in total. The van der Waals surface area contributed by atoms with Gasteiger partial charge in [0.25, 0.3) is 5.91 Å². The van der Waals surface area contributed by atoms with E-state index in [4.69, 9.17) is 4.52 Å². The van der Waals surface area contributed by atoms with Gasteiger partial charge >= 0.3 is 0 Å². The molecule has 0 unspecified atom stereocenters. The van der Waals surface area contributed by atoms with Crippen LogP contribution in [0.2, 0.25) is 0 Å². The highest BCUT2D eigenvalue weighted by Crippen LogP contribution is 2.17. The summed E-state index contributed by atoms with van der Waals surface area (Å²) in [6.45, 7) is 3.96. The van der Waals surface area contributed by atoms with E-state index in [1.165, 1.54) is 6.20 Å². The SMILES string of the molecule is Cc1cc(Nc2cncc(C(=O)N3CCN(C=O)CC3)c2)no1. The fourth-order valence-corrected chi connectivity index (χ4v) is 2.41. The van der Waals surface area contributed by atoms with Crippen molar-refractivity contribution in [2.75, 3.05) is 31.5 Å². The third kappa shape index (κ3) is 3.47. The maximum atomic E-state index is 12.5. The molecule has 2 amide bonds. The van der Waals surface area contributed by atoms with Crippen LogP contribution in [0.15, 0.2) is 29.0 Å². The van der Waals surface area contributed by atoms with Crippen LogP contribution in [0, 0.1) is 6.92 Å². The maximum Gasteiger partial charge on any atom is 0.255 e.